The predicted molar refractivity (Wildman–Crippen MR) is 169 cm³/mol. The normalized spacial score (nSPS) is 30.3. The van der Waals surface area contributed by atoms with E-state index in [9.17, 15) is 29.1 Å². The number of aliphatic hydroxyl groups excluding tert-OH is 1. The van der Waals surface area contributed by atoms with Gasteiger partial charge in [0.05, 0.1) is 11.7 Å². The minimum Gasteiger partial charge on any atom is -0.457 e. The maximum Gasteiger partial charge on any atom is 0.339 e. The number of esters is 2. The highest BCUT2D eigenvalue weighted by Gasteiger charge is 2.68. The van der Waals surface area contributed by atoms with Crippen LogP contribution in [0.1, 0.15) is 73.6 Å². The van der Waals surface area contributed by atoms with Gasteiger partial charge in [0.25, 0.3) is 0 Å². The van der Waals surface area contributed by atoms with E-state index in [-0.39, 0.29) is 30.1 Å². The van der Waals surface area contributed by atoms with Crippen molar-refractivity contribution >= 4 is 29.3 Å². The second kappa shape index (κ2) is 11.7. The number of carbonyl (C=O) groups is 5. The van der Waals surface area contributed by atoms with E-state index in [1.165, 1.54) is 6.92 Å². The van der Waals surface area contributed by atoms with Gasteiger partial charge in [-0.25, -0.2) is 4.79 Å². The van der Waals surface area contributed by atoms with Crippen LogP contribution in [0.5, 0.6) is 0 Å². The van der Waals surface area contributed by atoms with E-state index in [4.69, 9.17) is 9.47 Å². The number of hydrogen-bond donors (Lipinski definition) is 1. The van der Waals surface area contributed by atoms with Crippen LogP contribution < -0.4 is 0 Å². The Morgan fingerprint density at radius 3 is 2.28 bits per heavy atom. The van der Waals surface area contributed by atoms with Gasteiger partial charge in [-0.05, 0) is 81.7 Å². The maximum absolute atomic E-state index is 14.4. The minimum atomic E-state index is -1.70. The molecule has 0 heterocycles. The highest BCUT2D eigenvalue weighted by atomic mass is 16.6. The van der Waals surface area contributed by atoms with Crippen molar-refractivity contribution in [3.8, 4) is 0 Å². The SMILES string of the molecule is CC(C(=O)OCC(=O)[C@@]1(OC(=O)c2ccccc2)CC[C@H]2C3=C(C(O)C[C@@]21C)[C@@]1(C)C=CC(=O)C=C1CC3)C(=O)c1ccccc1. The zero-order chi connectivity index (χ0) is 32.9. The van der Waals surface area contributed by atoms with Crippen LogP contribution in [0.25, 0.3) is 0 Å². The van der Waals surface area contributed by atoms with Crippen molar-refractivity contribution in [1.29, 1.82) is 0 Å². The molecule has 0 aromatic heterocycles. The number of ketones is 3. The van der Waals surface area contributed by atoms with Crippen molar-refractivity contribution in [3.05, 3.63) is 107 Å². The fourth-order valence-electron chi connectivity index (χ4n) is 8.39. The second-order valence-corrected chi connectivity index (χ2v) is 13.3. The van der Waals surface area contributed by atoms with Gasteiger partial charge in [0.2, 0.25) is 5.78 Å². The Kier molecular flexibility index (Phi) is 8.05. The molecule has 0 bridgehead atoms. The molecule has 0 spiro atoms. The number of aliphatic hydroxyl groups is 1. The van der Waals surface area contributed by atoms with Crippen LogP contribution in [-0.4, -0.2) is 52.7 Å². The van der Waals surface area contributed by atoms with Crippen LogP contribution in [0.2, 0.25) is 0 Å². The van der Waals surface area contributed by atoms with Crippen molar-refractivity contribution in [2.45, 2.75) is 64.6 Å². The van der Waals surface area contributed by atoms with Crippen molar-refractivity contribution in [2.75, 3.05) is 6.61 Å². The summed E-state index contributed by atoms with van der Waals surface area (Å²) in [5, 5.41) is 11.8. The van der Waals surface area contributed by atoms with E-state index in [2.05, 4.69) is 0 Å². The molecule has 0 aliphatic heterocycles. The Morgan fingerprint density at radius 1 is 0.957 bits per heavy atom. The molecule has 6 rings (SSSR count). The topological polar surface area (TPSA) is 124 Å². The summed E-state index contributed by atoms with van der Waals surface area (Å²) in [4.78, 5) is 66.1. The van der Waals surface area contributed by atoms with Gasteiger partial charge < -0.3 is 14.6 Å². The van der Waals surface area contributed by atoms with Gasteiger partial charge in [-0.1, -0.05) is 72.7 Å². The molecule has 8 heteroatoms. The molecular formula is C38H38O8. The predicted octanol–water partition coefficient (Wildman–Crippen LogP) is 5.56. The van der Waals surface area contributed by atoms with Gasteiger partial charge in [-0.15, -0.1) is 0 Å². The summed E-state index contributed by atoms with van der Waals surface area (Å²) in [5.41, 5.74) is 0.141. The molecule has 8 nitrogen and oxygen atoms in total. The number of benzene rings is 2. The molecule has 2 aromatic rings. The molecule has 46 heavy (non-hydrogen) atoms. The van der Waals surface area contributed by atoms with Crippen LogP contribution >= 0.6 is 0 Å². The number of ether oxygens (including phenoxy) is 2. The summed E-state index contributed by atoms with van der Waals surface area (Å²) in [6.45, 7) is 4.64. The number of allylic oxidation sites excluding steroid dienone is 5. The second-order valence-electron chi connectivity index (χ2n) is 13.3. The first-order valence-corrected chi connectivity index (χ1v) is 15.8. The number of hydrogen-bond acceptors (Lipinski definition) is 8. The molecule has 4 aliphatic carbocycles. The lowest BCUT2D eigenvalue weighted by Gasteiger charge is -2.53. The Bertz CT molecular complexity index is 1700. The molecule has 0 radical (unpaired) electrons. The van der Waals surface area contributed by atoms with Gasteiger partial charge in [0.1, 0.15) is 5.92 Å². The van der Waals surface area contributed by atoms with Crippen LogP contribution in [0.15, 0.2) is 95.6 Å². The highest BCUT2D eigenvalue weighted by Crippen LogP contribution is 2.65. The first-order valence-electron chi connectivity index (χ1n) is 15.8. The van der Waals surface area contributed by atoms with Crippen molar-refractivity contribution in [1.82, 2.24) is 0 Å². The molecule has 1 saturated carbocycles. The Balaban J connectivity index is 1.33. The van der Waals surface area contributed by atoms with Gasteiger partial charge in [-0.3, -0.25) is 19.2 Å². The fourth-order valence-corrected chi connectivity index (χ4v) is 8.39. The van der Waals surface area contributed by atoms with Crippen LogP contribution in [-0.2, 0) is 23.9 Å². The first-order chi connectivity index (χ1) is 21.9. The summed E-state index contributed by atoms with van der Waals surface area (Å²) in [7, 11) is 0. The summed E-state index contributed by atoms with van der Waals surface area (Å²) in [6, 6.07) is 16.8. The lowest BCUT2D eigenvalue weighted by atomic mass is 9.52. The number of fused-ring (bicyclic) bond motifs is 4. The monoisotopic (exact) mass is 622 g/mol. The average molecular weight is 623 g/mol. The number of Topliss-reactive ketones (excluding diaryl/α,β-unsaturated/α-hetero) is 2. The van der Waals surface area contributed by atoms with Crippen LogP contribution in [0.4, 0.5) is 0 Å². The standard InChI is InChI=1S/C38H38O8/c1-23(33(42)24-10-6-4-7-11-24)34(43)45-22-31(41)38(46-35(44)25-12-8-5-9-13-25)19-17-29-28-15-14-26-20-27(39)16-18-36(26,2)32(28)30(40)21-37(29,38)3/h4-13,16,18,20,23,29-30,40H,14-15,17,19,21-22H2,1-3H3/t23?,29-,30?,36-,37-,38-/m0/s1. The molecule has 1 N–H and O–H groups in total. The maximum atomic E-state index is 14.4. The molecule has 0 saturated heterocycles. The molecule has 1 fully saturated rings. The van der Waals surface area contributed by atoms with Crippen molar-refractivity contribution in [3.63, 3.8) is 0 Å². The molecule has 0 amide bonds. The number of rotatable bonds is 8. The van der Waals surface area contributed by atoms with E-state index < -0.39 is 58.6 Å². The lowest BCUT2D eigenvalue weighted by molar-refractivity contribution is -0.166. The third kappa shape index (κ3) is 4.99. The largest absolute Gasteiger partial charge is 0.457 e. The minimum absolute atomic E-state index is 0.0701. The van der Waals surface area contributed by atoms with Crippen molar-refractivity contribution < 1.29 is 38.6 Å². The zero-order valence-corrected chi connectivity index (χ0v) is 26.3. The van der Waals surface area contributed by atoms with E-state index in [1.807, 2.05) is 19.9 Å². The summed E-state index contributed by atoms with van der Waals surface area (Å²) in [6.07, 6.45) is 6.18. The Hall–Kier alpha value is -4.43. The first kappa shape index (κ1) is 31.5. The van der Waals surface area contributed by atoms with Gasteiger partial charge >= 0.3 is 11.9 Å². The third-order valence-electron chi connectivity index (χ3n) is 10.9. The van der Waals surface area contributed by atoms with E-state index in [0.29, 0.717) is 24.8 Å². The van der Waals surface area contributed by atoms with Gasteiger partial charge in [0, 0.05) is 16.4 Å². The summed E-state index contributed by atoms with van der Waals surface area (Å²) < 4.78 is 11.7. The molecule has 238 valence electrons. The highest BCUT2D eigenvalue weighted by molar-refractivity contribution is 6.08. The fraction of sp³-hybridized carbons (Fsp3) is 0.395. The van der Waals surface area contributed by atoms with Crippen molar-refractivity contribution in [2.24, 2.45) is 22.7 Å². The quantitative estimate of drug-likeness (QED) is 0.176. The van der Waals surface area contributed by atoms with Crippen LogP contribution in [0.3, 0.4) is 0 Å². The smallest absolute Gasteiger partial charge is 0.339 e. The number of carbonyl (C=O) groups excluding carboxylic acids is 5. The Morgan fingerprint density at radius 2 is 1.61 bits per heavy atom. The van der Waals surface area contributed by atoms with E-state index >= 15 is 0 Å². The molecule has 2 aromatic carbocycles. The molecular weight excluding hydrogens is 584 g/mol. The lowest BCUT2D eigenvalue weighted by Crippen LogP contribution is -2.59. The summed E-state index contributed by atoms with van der Waals surface area (Å²) >= 11 is 0. The third-order valence-corrected chi connectivity index (χ3v) is 10.9. The Labute approximate surface area is 268 Å². The summed E-state index contributed by atoms with van der Waals surface area (Å²) in [5.74, 6) is -3.96. The van der Waals surface area contributed by atoms with Gasteiger partial charge in [-0.2, -0.15) is 0 Å². The molecule has 2 unspecified atom stereocenters. The van der Waals surface area contributed by atoms with E-state index in [0.717, 1.165) is 16.7 Å². The van der Waals surface area contributed by atoms with E-state index in [1.54, 1.807) is 72.8 Å². The molecule has 6 atom stereocenters. The van der Waals surface area contributed by atoms with Gasteiger partial charge in [0.15, 0.2) is 23.8 Å². The molecule has 4 aliphatic rings. The zero-order valence-electron chi connectivity index (χ0n) is 26.3. The van der Waals surface area contributed by atoms with Crippen LogP contribution in [0, 0.1) is 22.7 Å². The average Bonchev–Trinajstić information content (AvgIpc) is 3.35.